The quantitative estimate of drug-likeness (QED) is 0.398. The highest BCUT2D eigenvalue weighted by atomic mass is 35.5. The van der Waals surface area contributed by atoms with Crippen molar-refractivity contribution in [2.24, 2.45) is 10.9 Å². The number of nitrogens with zero attached hydrogens (tertiary/aromatic N) is 4. The molecule has 1 amide bonds. The number of rotatable bonds is 6. The summed E-state index contributed by atoms with van der Waals surface area (Å²) in [5, 5.41) is 4.11. The molecule has 2 aromatic carbocycles. The van der Waals surface area contributed by atoms with Gasteiger partial charge in [0.25, 0.3) is 0 Å². The van der Waals surface area contributed by atoms with Gasteiger partial charge in [-0.1, -0.05) is 30.7 Å². The number of nitrogens with one attached hydrogen (secondary N) is 1. The van der Waals surface area contributed by atoms with Crippen molar-refractivity contribution in [2.45, 2.75) is 52.5 Å². The molecule has 0 saturated carbocycles. The van der Waals surface area contributed by atoms with E-state index in [4.69, 9.17) is 11.6 Å². The standard InChI is InChI=1S/C28H29ClFN5O/c1-4-18-11-22-27(31-14-18)32-15-33-28(22)34-17(3)21-13-23(29)16(2)26(35-10-6-9-24(35)36)25(21)19-7-5-8-20(30)12-19/h5,7-8,12-15,17-18H,4,6,9-11H2,1-3H3,(H,32,33,34). The van der Waals surface area contributed by atoms with Gasteiger partial charge in [0, 0.05) is 35.3 Å². The Morgan fingerprint density at radius 3 is 2.83 bits per heavy atom. The van der Waals surface area contributed by atoms with E-state index in [1.54, 1.807) is 11.0 Å². The fraction of sp³-hybridized carbons (Fsp3) is 0.357. The molecule has 5 rings (SSSR count). The van der Waals surface area contributed by atoms with Crippen molar-refractivity contribution in [2.75, 3.05) is 16.8 Å². The van der Waals surface area contributed by atoms with E-state index in [9.17, 15) is 9.18 Å². The van der Waals surface area contributed by atoms with E-state index in [-0.39, 0.29) is 17.8 Å². The molecule has 1 N–H and O–H groups in total. The van der Waals surface area contributed by atoms with E-state index in [0.717, 1.165) is 53.0 Å². The normalized spacial score (nSPS) is 17.9. The fourth-order valence-electron chi connectivity index (χ4n) is 5.12. The maximum absolute atomic E-state index is 14.4. The minimum absolute atomic E-state index is 0.0536. The van der Waals surface area contributed by atoms with Crippen molar-refractivity contribution in [1.82, 2.24) is 9.97 Å². The van der Waals surface area contributed by atoms with Gasteiger partial charge in [0.2, 0.25) is 5.91 Å². The molecular weight excluding hydrogens is 477 g/mol. The third-order valence-corrected chi connectivity index (χ3v) is 7.51. The number of anilines is 2. The largest absolute Gasteiger partial charge is 0.363 e. The summed E-state index contributed by atoms with van der Waals surface area (Å²) in [6, 6.07) is 8.17. The second-order valence-electron chi connectivity index (χ2n) is 9.50. The van der Waals surface area contributed by atoms with E-state index < -0.39 is 0 Å². The summed E-state index contributed by atoms with van der Waals surface area (Å²) in [4.78, 5) is 28.1. The van der Waals surface area contributed by atoms with E-state index in [1.807, 2.05) is 32.2 Å². The van der Waals surface area contributed by atoms with Gasteiger partial charge >= 0.3 is 0 Å². The first-order valence-corrected chi connectivity index (χ1v) is 12.8. The Morgan fingerprint density at radius 1 is 1.28 bits per heavy atom. The molecular formula is C28H29ClFN5O. The van der Waals surface area contributed by atoms with Crippen LogP contribution >= 0.6 is 11.6 Å². The molecule has 0 spiro atoms. The molecule has 6 nitrogen and oxygen atoms in total. The molecule has 1 fully saturated rings. The molecule has 2 atom stereocenters. The van der Waals surface area contributed by atoms with E-state index in [0.29, 0.717) is 35.3 Å². The molecule has 2 aliphatic rings. The minimum atomic E-state index is -0.335. The van der Waals surface area contributed by atoms with Gasteiger partial charge in [-0.05, 0) is 73.9 Å². The van der Waals surface area contributed by atoms with Crippen molar-refractivity contribution in [3.8, 4) is 11.1 Å². The number of aliphatic imine (C=N–C) groups is 1. The smallest absolute Gasteiger partial charge is 0.227 e. The molecule has 2 unspecified atom stereocenters. The van der Waals surface area contributed by atoms with Crippen LogP contribution in [0.15, 0.2) is 41.7 Å². The van der Waals surface area contributed by atoms with Gasteiger partial charge in [0.05, 0.1) is 11.7 Å². The first kappa shape index (κ1) is 24.4. The Kier molecular flexibility index (Phi) is 6.75. The zero-order valence-corrected chi connectivity index (χ0v) is 21.4. The predicted molar refractivity (Wildman–Crippen MR) is 143 cm³/mol. The molecule has 1 saturated heterocycles. The van der Waals surface area contributed by atoms with Crippen molar-refractivity contribution < 1.29 is 9.18 Å². The van der Waals surface area contributed by atoms with Crippen LogP contribution in [0, 0.1) is 18.7 Å². The minimum Gasteiger partial charge on any atom is -0.363 e. The number of benzene rings is 2. The lowest BCUT2D eigenvalue weighted by Crippen LogP contribution is -2.26. The molecule has 2 aliphatic heterocycles. The van der Waals surface area contributed by atoms with Gasteiger partial charge in [-0.2, -0.15) is 0 Å². The van der Waals surface area contributed by atoms with Crippen LogP contribution < -0.4 is 10.2 Å². The van der Waals surface area contributed by atoms with Crippen LogP contribution in [-0.2, 0) is 11.2 Å². The Bertz CT molecular complexity index is 1360. The zero-order chi connectivity index (χ0) is 25.4. The van der Waals surface area contributed by atoms with Gasteiger partial charge in [-0.3, -0.25) is 4.79 Å². The molecule has 186 valence electrons. The van der Waals surface area contributed by atoms with Crippen LogP contribution in [0.5, 0.6) is 0 Å². The molecule has 3 heterocycles. The number of halogens is 2. The average Bonchev–Trinajstić information content (AvgIpc) is 3.30. The van der Waals surface area contributed by atoms with Gasteiger partial charge in [-0.25, -0.2) is 19.4 Å². The van der Waals surface area contributed by atoms with Crippen molar-refractivity contribution in [1.29, 1.82) is 0 Å². The zero-order valence-electron chi connectivity index (χ0n) is 20.7. The van der Waals surface area contributed by atoms with Crippen LogP contribution in [-0.4, -0.2) is 28.6 Å². The lowest BCUT2D eigenvalue weighted by atomic mass is 9.90. The van der Waals surface area contributed by atoms with Crippen LogP contribution in [0.3, 0.4) is 0 Å². The SMILES string of the molecule is CCC1C=Nc2ncnc(NC(C)c3cc(Cl)c(C)c(N4CCCC4=O)c3-c3cccc(F)c3)c2C1. The first-order chi connectivity index (χ1) is 17.4. The van der Waals surface area contributed by atoms with E-state index in [1.165, 1.54) is 18.5 Å². The van der Waals surface area contributed by atoms with Crippen LogP contribution in [0.1, 0.15) is 55.8 Å². The van der Waals surface area contributed by atoms with E-state index in [2.05, 4.69) is 27.2 Å². The monoisotopic (exact) mass is 505 g/mol. The second-order valence-corrected chi connectivity index (χ2v) is 9.90. The summed E-state index contributed by atoms with van der Waals surface area (Å²) in [5.41, 5.74) is 4.91. The number of amides is 1. The van der Waals surface area contributed by atoms with Crippen LogP contribution in [0.25, 0.3) is 11.1 Å². The highest BCUT2D eigenvalue weighted by molar-refractivity contribution is 6.32. The summed E-state index contributed by atoms with van der Waals surface area (Å²) in [7, 11) is 0. The third kappa shape index (κ3) is 4.48. The van der Waals surface area contributed by atoms with Crippen molar-refractivity contribution in [3.05, 3.63) is 64.2 Å². The molecule has 0 aliphatic carbocycles. The molecule has 36 heavy (non-hydrogen) atoms. The number of carbonyl (C=O) groups excluding carboxylic acids is 1. The van der Waals surface area contributed by atoms with Crippen molar-refractivity contribution in [3.63, 3.8) is 0 Å². The van der Waals surface area contributed by atoms with Crippen LogP contribution in [0.2, 0.25) is 5.02 Å². The summed E-state index contributed by atoms with van der Waals surface area (Å²) in [6.45, 7) is 6.69. The topological polar surface area (TPSA) is 70.5 Å². The van der Waals surface area contributed by atoms with Crippen molar-refractivity contribution >= 4 is 41.0 Å². The van der Waals surface area contributed by atoms with E-state index >= 15 is 0 Å². The first-order valence-electron chi connectivity index (χ1n) is 12.4. The van der Waals surface area contributed by atoms with Gasteiger partial charge < -0.3 is 10.2 Å². The summed E-state index contributed by atoms with van der Waals surface area (Å²) in [5.74, 6) is 1.46. The fourth-order valence-corrected chi connectivity index (χ4v) is 5.32. The molecule has 0 radical (unpaired) electrons. The summed E-state index contributed by atoms with van der Waals surface area (Å²) in [6.07, 6.45) is 6.54. The number of fused-ring (bicyclic) bond motifs is 1. The molecule has 3 aromatic rings. The Morgan fingerprint density at radius 2 is 2.11 bits per heavy atom. The highest BCUT2D eigenvalue weighted by Gasteiger charge is 2.30. The van der Waals surface area contributed by atoms with Crippen LogP contribution in [0.4, 0.5) is 21.7 Å². The number of hydrogen-bond acceptors (Lipinski definition) is 5. The maximum atomic E-state index is 14.4. The molecule has 1 aromatic heterocycles. The second kappa shape index (κ2) is 9.97. The Labute approximate surface area is 215 Å². The summed E-state index contributed by atoms with van der Waals surface area (Å²) >= 11 is 6.75. The number of aromatic nitrogens is 2. The number of hydrogen-bond donors (Lipinski definition) is 1. The van der Waals surface area contributed by atoms with Gasteiger partial charge in [0.15, 0.2) is 5.82 Å². The lowest BCUT2D eigenvalue weighted by molar-refractivity contribution is -0.117. The molecule has 8 heteroatoms. The van der Waals surface area contributed by atoms with Gasteiger partial charge in [0.1, 0.15) is 18.0 Å². The highest BCUT2D eigenvalue weighted by Crippen LogP contribution is 2.45. The third-order valence-electron chi connectivity index (χ3n) is 7.12. The Balaban J connectivity index is 1.64. The number of carbonyl (C=O) groups is 1. The average molecular weight is 506 g/mol. The lowest BCUT2D eigenvalue weighted by Gasteiger charge is -2.29. The van der Waals surface area contributed by atoms with Gasteiger partial charge in [-0.15, -0.1) is 0 Å². The molecule has 0 bridgehead atoms. The Hall–Kier alpha value is -3.32. The predicted octanol–water partition coefficient (Wildman–Crippen LogP) is 6.83. The summed E-state index contributed by atoms with van der Waals surface area (Å²) < 4.78 is 14.4. The maximum Gasteiger partial charge on any atom is 0.227 e.